The zero-order valence-electron chi connectivity index (χ0n) is 9.42. The topological polar surface area (TPSA) is 64.7 Å². The van der Waals surface area contributed by atoms with E-state index in [1.54, 1.807) is 0 Å². The molecule has 0 amide bonds. The Morgan fingerprint density at radius 2 is 1.74 bits per heavy atom. The lowest BCUT2D eigenvalue weighted by Crippen LogP contribution is -1.86. The van der Waals surface area contributed by atoms with E-state index in [4.69, 9.17) is 4.52 Å². The molecule has 19 heavy (non-hydrogen) atoms. The molecule has 0 aliphatic rings. The van der Waals surface area contributed by atoms with Crippen LogP contribution in [0.1, 0.15) is 0 Å². The van der Waals surface area contributed by atoms with Gasteiger partial charge in [0.25, 0.3) is 5.89 Å². The van der Waals surface area contributed by atoms with Crippen LogP contribution in [-0.4, -0.2) is 20.1 Å². The molecule has 94 valence electrons. The third-order valence-electron chi connectivity index (χ3n) is 2.41. The first-order valence-electron chi connectivity index (χ1n) is 5.28. The Hall–Kier alpha value is -2.70. The van der Waals surface area contributed by atoms with Crippen LogP contribution >= 0.6 is 0 Å². The van der Waals surface area contributed by atoms with Crippen molar-refractivity contribution in [3.05, 3.63) is 48.6 Å². The molecular formula is C12H6F2N4O. The van der Waals surface area contributed by atoms with E-state index in [1.165, 1.54) is 24.8 Å². The van der Waals surface area contributed by atoms with Gasteiger partial charge in [-0.3, -0.25) is 0 Å². The largest absolute Gasteiger partial charge is 0.334 e. The Morgan fingerprint density at radius 3 is 2.47 bits per heavy atom. The maximum atomic E-state index is 13.1. The molecule has 0 saturated carbocycles. The lowest BCUT2D eigenvalue weighted by Gasteiger charge is -1.95. The number of aromatic nitrogens is 4. The van der Waals surface area contributed by atoms with Gasteiger partial charge in [-0.25, -0.2) is 18.7 Å². The van der Waals surface area contributed by atoms with Crippen LogP contribution in [-0.2, 0) is 0 Å². The highest BCUT2D eigenvalue weighted by molar-refractivity contribution is 5.58. The normalized spacial score (nSPS) is 10.6. The SMILES string of the molecule is Fc1ccc(-c2nc(-c3cncnc3)no2)cc1F. The summed E-state index contributed by atoms with van der Waals surface area (Å²) in [6, 6.07) is 3.35. The van der Waals surface area contributed by atoms with Crippen LogP contribution in [0.15, 0.2) is 41.4 Å². The molecule has 0 fully saturated rings. The van der Waals surface area contributed by atoms with Gasteiger partial charge in [0.1, 0.15) is 6.33 Å². The van der Waals surface area contributed by atoms with Gasteiger partial charge in [-0.2, -0.15) is 4.98 Å². The van der Waals surface area contributed by atoms with Gasteiger partial charge >= 0.3 is 0 Å². The predicted molar refractivity (Wildman–Crippen MR) is 60.7 cm³/mol. The van der Waals surface area contributed by atoms with Crippen molar-refractivity contribution < 1.29 is 13.3 Å². The Labute approximate surface area is 106 Å². The highest BCUT2D eigenvalue weighted by atomic mass is 19.2. The number of rotatable bonds is 2. The van der Waals surface area contributed by atoms with Crippen molar-refractivity contribution in [2.75, 3.05) is 0 Å². The molecule has 1 aromatic carbocycles. The highest BCUT2D eigenvalue weighted by Crippen LogP contribution is 2.22. The Kier molecular flexibility index (Phi) is 2.71. The van der Waals surface area contributed by atoms with Crippen molar-refractivity contribution in [1.29, 1.82) is 0 Å². The second kappa shape index (κ2) is 4.52. The van der Waals surface area contributed by atoms with E-state index in [-0.39, 0.29) is 11.7 Å². The molecular weight excluding hydrogens is 254 g/mol. The highest BCUT2D eigenvalue weighted by Gasteiger charge is 2.12. The minimum atomic E-state index is -0.972. The van der Waals surface area contributed by atoms with E-state index in [1.807, 2.05) is 0 Å². The summed E-state index contributed by atoms with van der Waals surface area (Å²) in [7, 11) is 0. The van der Waals surface area contributed by atoms with Crippen molar-refractivity contribution in [2.45, 2.75) is 0 Å². The van der Waals surface area contributed by atoms with Gasteiger partial charge < -0.3 is 4.52 Å². The standard InChI is InChI=1S/C12H6F2N4O/c13-9-2-1-7(3-10(9)14)12-17-11(18-19-12)8-4-15-6-16-5-8/h1-6H. The fourth-order valence-electron chi connectivity index (χ4n) is 1.50. The van der Waals surface area contributed by atoms with Gasteiger partial charge in [-0.1, -0.05) is 5.16 Å². The molecule has 0 bridgehead atoms. The molecule has 0 atom stereocenters. The lowest BCUT2D eigenvalue weighted by atomic mass is 10.2. The zero-order chi connectivity index (χ0) is 13.2. The molecule has 2 heterocycles. The minimum absolute atomic E-state index is 0.0951. The average Bonchev–Trinajstić information content (AvgIpc) is 2.93. The molecule has 0 aliphatic heterocycles. The smallest absolute Gasteiger partial charge is 0.258 e. The summed E-state index contributed by atoms with van der Waals surface area (Å²) in [6.07, 6.45) is 4.42. The summed E-state index contributed by atoms with van der Waals surface area (Å²) in [5, 5.41) is 3.73. The van der Waals surface area contributed by atoms with E-state index >= 15 is 0 Å². The van der Waals surface area contributed by atoms with Crippen molar-refractivity contribution in [3.63, 3.8) is 0 Å². The van der Waals surface area contributed by atoms with Gasteiger partial charge in [0.15, 0.2) is 11.6 Å². The van der Waals surface area contributed by atoms with Crippen molar-refractivity contribution >= 4 is 0 Å². The number of halogens is 2. The molecule has 2 aromatic heterocycles. The predicted octanol–water partition coefficient (Wildman–Crippen LogP) is 2.47. The first kappa shape index (κ1) is 11.4. The molecule has 0 spiro atoms. The van der Waals surface area contributed by atoms with Crippen molar-refractivity contribution in [3.8, 4) is 22.8 Å². The van der Waals surface area contributed by atoms with Gasteiger partial charge in [-0.15, -0.1) is 0 Å². The van der Waals surface area contributed by atoms with Gasteiger partial charge in [0.2, 0.25) is 5.82 Å². The van der Waals surface area contributed by atoms with Crippen LogP contribution in [0.3, 0.4) is 0 Å². The van der Waals surface area contributed by atoms with Crippen molar-refractivity contribution in [1.82, 2.24) is 20.1 Å². The van der Waals surface area contributed by atoms with Crippen LogP contribution in [0.4, 0.5) is 8.78 Å². The minimum Gasteiger partial charge on any atom is -0.334 e. The zero-order valence-corrected chi connectivity index (χ0v) is 9.42. The van der Waals surface area contributed by atoms with E-state index in [9.17, 15) is 8.78 Å². The molecule has 3 aromatic rings. The average molecular weight is 260 g/mol. The monoisotopic (exact) mass is 260 g/mol. The maximum absolute atomic E-state index is 13.1. The Bertz CT molecular complexity index is 715. The molecule has 7 heteroatoms. The molecule has 0 aliphatic carbocycles. The van der Waals surface area contributed by atoms with Crippen LogP contribution in [0, 0.1) is 11.6 Å². The van der Waals surface area contributed by atoms with Gasteiger partial charge in [0, 0.05) is 18.0 Å². The van der Waals surface area contributed by atoms with E-state index in [0.29, 0.717) is 11.1 Å². The fourth-order valence-corrected chi connectivity index (χ4v) is 1.50. The Balaban J connectivity index is 1.99. The second-order valence-corrected chi connectivity index (χ2v) is 3.68. The summed E-state index contributed by atoms with van der Waals surface area (Å²) in [5.74, 6) is -1.53. The maximum Gasteiger partial charge on any atom is 0.258 e. The lowest BCUT2D eigenvalue weighted by molar-refractivity contribution is 0.431. The number of hydrogen-bond acceptors (Lipinski definition) is 5. The second-order valence-electron chi connectivity index (χ2n) is 3.68. The first-order chi connectivity index (χ1) is 9.24. The molecule has 0 N–H and O–H groups in total. The van der Waals surface area contributed by atoms with Gasteiger partial charge in [-0.05, 0) is 18.2 Å². The third kappa shape index (κ3) is 2.17. The summed E-state index contributed by atoms with van der Waals surface area (Å²) in [4.78, 5) is 11.7. The summed E-state index contributed by atoms with van der Waals surface area (Å²) in [6.45, 7) is 0. The van der Waals surface area contributed by atoms with Crippen LogP contribution in [0.25, 0.3) is 22.8 Å². The Morgan fingerprint density at radius 1 is 0.947 bits per heavy atom. The van der Waals surface area contributed by atoms with E-state index in [2.05, 4.69) is 20.1 Å². The number of hydrogen-bond donors (Lipinski definition) is 0. The van der Waals surface area contributed by atoms with Crippen LogP contribution in [0.5, 0.6) is 0 Å². The van der Waals surface area contributed by atoms with E-state index < -0.39 is 11.6 Å². The first-order valence-corrected chi connectivity index (χ1v) is 5.28. The van der Waals surface area contributed by atoms with Gasteiger partial charge in [0.05, 0.1) is 5.56 Å². The molecule has 5 nitrogen and oxygen atoms in total. The quantitative estimate of drug-likeness (QED) is 0.708. The summed E-state index contributed by atoms with van der Waals surface area (Å²) < 4.78 is 30.9. The molecule has 0 unspecified atom stereocenters. The van der Waals surface area contributed by atoms with Crippen molar-refractivity contribution in [2.24, 2.45) is 0 Å². The fraction of sp³-hybridized carbons (Fsp3) is 0. The van der Waals surface area contributed by atoms with E-state index in [0.717, 1.165) is 12.1 Å². The number of benzene rings is 1. The number of nitrogens with zero attached hydrogens (tertiary/aromatic N) is 4. The summed E-state index contributed by atoms with van der Waals surface area (Å²) >= 11 is 0. The molecule has 0 radical (unpaired) electrons. The third-order valence-corrected chi connectivity index (χ3v) is 2.41. The summed E-state index contributed by atoms with van der Waals surface area (Å²) in [5.41, 5.74) is 0.870. The van der Waals surface area contributed by atoms with Crippen LogP contribution < -0.4 is 0 Å². The van der Waals surface area contributed by atoms with Crippen LogP contribution in [0.2, 0.25) is 0 Å². The molecule has 0 saturated heterocycles. The molecule has 3 rings (SSSR count).